The SMILES string of the molecule is COc1ccccc1[C@H](Cn1c(=O)n(-c2cccc(C3(C(=O)O)CC3)c2)c(=O)c2c(C)c(-c3ncco3)sc21)OC1CCOCC1. The highest BCUT2D eigenvalue weighted by atomic mass is 32.1. The fourth-order valence-corrected chi connectivity index (χ4v) is 7.57. The van der Waals surface area contributed by atoms with Gasteiger partial charge in [-0.25, -0.2) is 14.3 Å². The van der Waals surface area contributed by atoms with E-state index in [1.54, 1.807) is 35.9 Å². The summed E-state index contributed by atoms with van der Waals surface area (Å²) < 4.78 is 26.3. The Morgan fingerprint density at radius 2 is 1.93 bits per heavy atom. The Bertz CT molecular complexity index is 2030. The number of hydrogen-bond acceptors (Lipinski definition) is 9. The minimum atomic E-state index is -1.01. The number of para-hydroxylation sites is 1. The minimum Gasteiger partial charge on any atom is -0.496 e. The molecule has 46 heavy (non-hydrogen) atoms. The summed E-state index contributed by atoms with van der Waals surface area (Å²) >= 11 is 1.26. The molecule has 3 aromatic heterocycles. The monoisotopic (exact) mass is 643 g/mol. The highest BCUT2D eigenvalue weighted by Crippen LogP contribution is 2.48. The van der Waals surface area contributed by atoms with Gasteiger partial charge < -0.3 is 23.7 Å². The van der Waals surface area contributed by atoms with Crippen molar-refractivity contribution in [1.29, 1.82) is 0 Å². The van der Waals surface area contributed by atoms with Gasteiger partial charge in [-0.15, -0.1) is 11.3 Å². The summed E-state index contributed by atoms with van der Waals surface area (Å²) in [5, 5.41) is 10.3. The Hall–Kier alpha value is -4.52. The number of benzene rings is 2. The van der Waals surface area contributed by atoms with Gasteiger partial charge in [-0.2, -0.15) is 0 Å². The van der Waals surface area contributed by atoms with Gasteiger partial charge in [0.05, 0.1) is 47.3 Å². The number of oxazole rings is 1. The zero-order valence-electron chi connectivity index (χ0n) is 25.4. The van der Waals surface area contributed by atoms with Crippen LogP contribution in [-0.4, -0.2) is 51.6 Å². The summed E-state index contributed by atoms with van der Waals surface area (Å²) in [5.41, 5.74) is 0.200. The highest BCUT2D eigenvalue weighted by molar-refractivity contribution is 7.22. The lowest BCUT2D eigenvalue weighted by atomic mass is 9.96. The standard InChI is InChI=1S/C34H33N3O8S/c1-20-27-30(38)37(22-7-5-6-21(18-22)34(12-13-34)32(39)40)33(41)36(31(27)46-28(20)29-35-14-17-44-29)19-26(45-23-10-15-43-16-11-23)24-8-3-4-9-25(24)42-2/h3-9,14,17-18,23,26H,10-13,15-16,19H2,1-2H3,(H,39,40)/t26-/m0/s1. The Labute approximate surface area is 267 Å². The molecule has 1 aliphatic carbocycles. The third-order valence-corrected chi connectivity index (χ3v) is 10.3. The number of aromatic nitrogens is 3. The molecule has 2 aromatic carbocycles. The maximum atomic E-state index is 14.6. The molecular formula is C34H33N3O8S. The minimum absolute atomic E-state index is 0.0804. The molecule has 2 aliphatic rings. The van der Waals surface area contributed by atoms with E-state index in [-0.39, 0.29) is 12.6 Å². The van der Waals surface area contributed by atoms with Gasteiger partial charge >= 0.3 is 11.7 Å². The van der Waals surface area contributed by atoms with E-state index in [1.165, 1.54) is 23.8 Å². The number of carboxylic acid groups (broad SMARTS) is 1. The van der Waals surface area contributed by atoms with Crippen molar-refractivity contribution >= 4 is 27.5 Å². The molecule has 238 valence electrons. The Morgan fingerprint density at radius 3 is 2.63 bits per heavy atom. The van der Waals surface area contributed by atoms with Gasteiger partial charge in [-0.05, 0) is 61.9 Å². The van der Waals surface area contributed by atoms with Crippen molar-refractivity contribution < 1.29 is 28.5 Å². The number of thiophene rings is 1. The molecule has 12 heteroatoms. The van der Waals surface area contributed by atoms with E-state index in [4.69, 9.17) is 18.6 Å². The molecule has 1 saturated carbocycles. The average molecular weight is 644 g/mol. The van der Waals surface area contributed by atoms with Gasteiger partial charge in [0, 0.05) is 18.8 Å². The number of nitrogens with zero attached hydrogens (tertiary/aromatic N) is 3. The number of ether oxygens (including phenoxy) is 3. The zero-order chi connectivity index (χ0) is 32.0. The second-order valence-corrected chi connectivity index (χ2v) is 12.7. The Balaban J connectivity index is 1.44. The quantitative estimate of drug-likeness (QED) is 0.217. The molecule has 1 N–H and O–H groups in total. The topological polar surface area (TPSA) is 135 Å². The largest absolute Gasteiger partial charge is 0.496 e. The van der Waals surface area contributed by atoms with Crippen molar-refractivity contribution in [1.82, 2.24) is 14.1 Å². The second kappa shape index (κ2) is 12.0. The van der Waals surface area contributed by atoms with Crippen LogP contribution in [0.25, 0.3) is 26.7 Å². The lowest BCUT2D eigenvalue weighted by Gasteiger charge is -2.29. The third-order valence-electron chi connectivity index (χ3n) is 9.01. The number of methoxy groups -OCH3 is 1. The van der Waals surface area contributed by atoms with Crippen molar-refractivity contribution in [2.45, 2.75) is 56.8 Å². The fourth-order valence-electron chi connectivity index (χ4n) is 6.33. The van der Waals surface area contributed by atoms with E-state index in [0.29, 0.717) is 82.4 Å². The maximum Gasteiger partial charge on any atom is 0.336 e. The molecule has 1 atom stereocenters. The first-order chi connectivity index (χ1) is 22.3. The summed E-state index contributed by atoms with van der Waals surface area (Å²) in [6.45, 7) is 3.05. The van der Waals surface area contributed by atoms with E-state index >= 15 is 0 Å². The van der Waals surface area contributed by atoms with Crippen molar-refractivity contribution in [2.75, 3.05) is 20.3 Å². The molecule has 5 aromatic rings. The van der Waals surface area contributed by atoms with E-state index in [9.17, 15) is 19.5 Å². The molecule has 1 aliphatic heterocycles. The van der Waals surface area contributed by atoms with Crippen LogP contribution in [0.3, 0.4) is 0 Å². The van der Waals surface area contributed by atoms with Crippen LogP contribution in [0, 0.1) is 6.92 Å². The molecule has 11 nitrogen and oxygen atoms in total. The van der Waals surface area contributed by atoms with Crippen LogP contribution < -0.4 is 16.0 Å². The number of carbonyl (C=O) groups is 1. The summed E-state index contributed by atoms with van der Waals surface area (Å²) in [4.78, 5) is 46.5. The van der Waals surface area contributed by atoms with E-state index < -0.39 is 28.7 Å². The summed E-state index contributed by atoms with van der Waals surface area (Å²) in [6, 6.07) is 14.3. The lowest BCUT2D eigenvalue weighted by Crippen LogP contribution is -2.40. The number of hydrogen-bond donors (Lipinski definition) is 1. The third kappa shape index (κ3) is 5.16. The first-order valence-electron chi connectivity index (χ1n) is 15.2. The molecule has 0 amide bonds. The van der Waals surface area contributed by atoms with Crippen molar-refractivity contribution in [2.24, 2.45) is 0 Å². The molecule has 4 heterocycles. The molecule has 0 unspecified atom stereocenters. The number of aliphatic carboxylic acids is 1. The first-order valence-corrected chi connectivity index (χ1v) is 16.0. The Kier molecular flexibility index (Phi) is 7.87. The van der Waals surface area contributed by atoms with E-state index in [2.05, 4.69) is 4.98 Å². The van der Waals surface area contributed by atoms with Crippen molar-refractivity contribution in [3.63, 3.8) is 0 Å². The average Bonchev–Trinajstić information content (AvgIpc) is 3.58. The number of rotatable bonds is 10. The van der Waals surface area contributed by atoms with Crippen LogP contribution in [0.1, 0.15) is 48.5 Å². The van der Waals surface area contributed by atoms with Gasteiger partial charge in [-0.1, -0.05) is 30.3 Å². The van der Waals surface area contributed by atoms with Crippen LogP contribution in [0.4, 0.5) is 0 Å². The number of fused-ring (bicyclic) bond motifs is 1. The fraction of sp³-hybridized carbons (Fsp3) is 0.353. The normalized spacial score (nSPS) is 16.8. The van der Waals surface area contributed by atoms with Crippen LogP contribution in [0.2, 0.25) is 0 Å². The molecule has 2 fully saturated rings. The predicted octanol–water partition coefficient (Wildman–Crippen LogP) is 5.24. The number of aryl methyl sites for hydroxylation is 1. The van der Waals surface area contributed by atoms with Crippen LogP contribution in [-0.2, 0) is 26.2 Å². The molecule has 0 bridgehead atoms. The maximum absolute atomic E-state index is 14.6. The van der Waals surface area contributed by atoms with Gasteiger partial charge in [-0.3, -0.25) is 14.2 Å². The van der Waals surface area contributed by atoms with Gasteiger partial charge in [0.1, 0.15) is 22.9 Å². The first kappa shape index (κ1) is 30.2. The Morgan fingerprint density at radius 1 is 1.15 bits per heavy atom. The van der Waals surface area contributed by atoms with E-state index in [1.807, 2.05) is 31.2 Å². The molecule has 1 saturated heterocycles. The van der Waals surface area contributed by atoms with Gasteiger partial charge in [0.15, 0.2) is 0 Å². The predicted molar refractivity (Wildman–Crippen MR) is 171 cm³/mol. The van der Waals surface area contributed by atoms with E-state index in [0.717, 1.165) is 10.1 Å². The highest BCUT2D eigenvalue weighted by Gasteiger charge is 2.51. The molecular weight excluding hydrogens is 610 g/mol. The summed E-state index contributed by atoms with van der Waals surface area (Å²) in [7, 11) is 1.59. The van der Waals surface area contributed by atoms with Gasteiger partial charge in [0.2, 0.25) is 5.89 Å². The van der Waals surface area contributed by atoms with Crippen molar-refractivity contribution in [3.8, 4) is 22.2 Å². The van der Waals surface area contributed by atoms with Crippen LogP contribution in [0.15, 0.2) is 75.0 Å². The smallest absolute Gasteiger partial charge is 0.336 e. The summed E-state index contributed by atoms with van der Waals surface area (Å²) in [5.74, 6) is 0.0534. The number of carboxylic acids is 1. The second-order valence-electron chi connectivity index (χ2n) is 11.7. The lowest BCUT2D eigenvalue weighted by molar-refractivity contribution is -0.140. The van der Waals surface area contributed by atoms with Crippen LogP contribution >= 0.6 is 11.3 Å². The van der Waals surface area contributed by atoms with Crippen LogP contribution in [0.5, 0.6) is 5.75 Å². The molecule has 7 rings (SSSR count). The summed E-state index contributed by atoms with van der Waals surface area (Å²) in [6.07, 6.45) is 4.70. The zero-order valence-corrected chi connectivity index (χ0v) is 26.2. The van der Waals surface area contributed by atoms with Gasteiger partial charge in [0.25, 0.3) is 5.56 Å². The van der Waals surface area contributed by atoms with Crippen molar-refractivity contribution in [3.05, 3.63) is 98.5 Å². The molecule has 0 radical (unpaired) electrons. The molecule has 0 spiro atoms.